The first-order chi connectivity index (χ1) is 15.4. The van der Waals surface area contributed by atoms with Gasteiger partial charge in [-0.15, -0.1) is 0 Å². The molecule has 0 bridgehead atoms. The number of fused-ring (bicyclic) bond motifs is 1. The van der Waals surface area contributed by atoms with Crippen LogP contribution in [0.3, 0.4) is 0 Å². The Balaban J connectivity index is 1.26. The van der Waals surface area contributed by atoms with Gasteiger partial charge in [0.2, 0.25) is 5.91 Å². The van der Waals surface area contributed by atoms with Crippen LogP contribution < -0.4 is 0 Å². The van der Waals surface area contributed by atoms with E-state index >= 15 is 0 Å². The van der Waals surface area contributed by atoms with E-state index in [0.29, 0.717) is 25.3 Å². The fourth-order valence-corrected chi connectivity index (χ4v) is 4.14. The zero-order valence-electron chi connectivity index (χ0n) is 17.6. The lowest BCUT2D eigenvalue weighted by molar-refractivity contribution is -0.132. The van der Waals surface area contributed by atoms with Crippen molar-refractivity contribution in [2.75, 3.05) is 32.7 Å². The second-order valence-electron chi connectivity index (χ2n) is 8.09. The molecule has 0 atom stereocenters. The van der Waals surface area contributed by atoms with Crippen LogP contribution in [-0.4, -0.2) is 54.4 Å². The molecule has 1 amide bonds. The summed E-state index contributed by atoms with van der Waals surface area (Å²) in [6, 6.07) is 9.79. The van der Waals surface area contributed by atoms with E-state index in [0.717, 1.165) is 49.3 Å². The summed E-state index contributed by atoms with van der Waals surface area (Å²) in [6.07, 6.45) is 0.421. The van der Waals surface area contributed by atoms with Crippen LogP contribution in [-0.2, 0) is 35.4 Å². The van der Waals surface area contributed by atoms with Crippen molar-refractivity contribution in [1.82, 2.24) is 9.80 Å². The van der Waals surface area contributed by atoms with E-state index in [1.54, 1.807) is 11.0 Å². The van der Waals surface area contributed by atoms with E-state index in [-0.39, 0.29) is 35.8 Å². The highest BCUT2D eigenvalue weighted by Crippen LogP contribution is 2.22. The molecule has 2 aliphatic rings. The summed E-state index contributed by atoms with van der Waals surface area (Å²) >= 11 is 0. The lowest BCUT2D eigenvalue weighted by Gasteiger charge is -2.35. The van der Waals surface area contributed by atoms with Crippen molar-refractivity contribution in [3.63, 3.8) is 0 Å². The number of amides is 1. The molecule has 2 aromatic carbocycles. The Kier molecular flexibility index (Phi) is 6.47. The Hall–Kier alpha value is -3.31. The average Bonchev–Trinajstić information content (AvgIpc) is 3.15. The molecule has 2 heterocycles. The minimum atomic E-state index is -0.790. The molecule has 4 rings (SSSR count). The SMILES string of the molecule is N#CCc1c(F)cc(CC(=O)N2CCN(CCc3ccc4c(c3)COC4=O)CC2)cc1F. The number of rotatable bonds is 6. The first-order valence-corrected chi connectivity index (χ1v) is 10.6. The molecule has 0 radical (unpaired) electrons. The highest BCUT2D eigenvalue weighted by atomic mass is 19.1. The van der Waals surface area contributed by atoms with Gasteiger partial charge in [-0.1, -0.05) is 12.1 Å². The molecule has 32 heavy (non-hydrogen) atoms. The minimum Gasteiger partial charge on any atom is -0.457 e. The fraction of sp³-hybridized carbons (Fsp3) is 0.375. The Labute approximate surface area is 185 Å². The van der Waals surface area contributed by atoms with Crippen molar-refractivity contribution in [1.29, 1.82) is 5.26 Å². The van der Waals surface area contributed by atoms with Crippen LogP contribution in [0, 0.1) is 23.0 Å². The number of hydrogen-bond acceptors (Lipinski definition) is 5. The number of carbonyl (C=O) groups excluding carboxylic acids is 2. The summed E-state index contributed by atoms with van der Waals surface area (Å²) in [5.74, 6) is -2.01. The number of cyclic esters (lactones) is 1. The smallest absolute Gasteiger partial charge is 0.338 e. The van der Waals surface area contributed by atoms with Crippen LogP contribution >= 0.6 is 0 Å². The lowest BCUT2D eigenvalue weighted by Crippen LogP contribution is -2.49. The number of carbonyl (C=O) groups is 2. The van der Waals surface area contributed by atoms with Crippen LogP contribution in [0.25, 0.3) is 0 Å². The van der Waals surface area contributed by atoms with Gasteiger partial charge in [-0.25, -0.2) is 13.6 Å². The molecular formula is C24H23F2N3O3. The van der Waals surface area contributed by atoms with E-state index in [9.17, 15) is 18.4 Å². The molecule has 0 aliphatic carbocycles. The topological polar surface area (TPSA) is 73.6 Å². The summed E-state index contributed by atoms with van der Waals surface area (Å²) in [4.78, 5) is 28.1. The lowest BCUT2D eigenvalue weighted by atomic mass is 10.0. The normalized spacial score (nSPS) is 15.9. The highest BCUT2D eigenvalue weighted by molar-refractivity contribution is 5.93. The first-order valence-electron chi connectivity index (χ1n) is 10.6. The molecule has 1 fully saturated rings. The van der Waals surface area contributed by atoms with Crippen molar-refractivity contribution < 1.29 is 23.1 Å². The van der Waals surface area contributed by atoms with Gasteiger partial charge in [0.05, 0.1) is 24.5 Å². The monoisotopic (exact) mass is 439 g/mol. The second-order valence-corrected chi connectivity index (χ2v) is 8.09. The third kappa shape index (κ3) is 4.78. The third-order valence-corrected chi connectivity index (χ3v) is 6.00. The van der Waals surface area contributed by atoms with Crippen LogP contribution in [0.1, 0.15) is 32.6 Å². The number of nitrogens with zero attached hydrogens (tertiary/aromatic N) is 3. The molecule has 0 N–H and O–H groups in total. The maximum absolute atomic E-state index is 14.0. The maximum Gasteiger partial charge on any atom is 0.338 e. The summed E-state index contributed by atoms with van der Waals surface area (Å²) in [7, 11) is 0. The molecule has 8 heteroatoms. The molecule has 0 spiro atoms. The number of nitriles is 1. The average molecular weight is 439 g/mol. The zero-order chi connectivity index (χ0) is 22.7. The van der Waals surface area contributed by atoms with E-state index in [4.69, 9.17) is 10.00 Å². The summed E-state index contributed by atoms with van der Waals surface area (Å²) in [5.41, 5.74) is 2.72. The number of esters is 1. The van der Waals surface area contributed by atoms with Crippen LogP contribution in [0.2, 0.25) is 0 Å². The number of ether oxygens (including phenoxy) is 1. The summed E-state index contributed by atoms with van der Waals surface area (Å²) in [5, 5.41) is 8.66. The molecular weight excluding hydrogens is 416 g/mol. The molecule has 0 saturated carbocycles. The third-order valence-electron chi connectivity index (χ3n) is 6.00. The number of piperazine rings is 1. The van der Waals surface area contributed by atoms with Gasteiger partial charge in [-0.2, -0.15) is 5.26 Å². The van der Waals surface area contributed by atoms with Gasteiger partial charge in [0.1, 0.15) is 18.2 Å². The standard InChI is InChI=1S/C24H23F2N3O3/c25-21-12-17(13-22(26)20(21)3-5-27)14-23(30)29-9-7-28(8-10-29)6-4-16-1-2-19-18(11-16)15-32-24(19)31/h1-2,11-13H,3-4,6-10,14-15H2. The highest BCUT2D eigenvalue weighted by Gasteiger charge is 2.23. The Morgan fingerprint density at radius 3 is 2.47 bits per heavy atom. The largest absolute Gasteiger partial charge is 0.457 e. The van der Waals surface area contributed by atoms with Gasteiger partial charge in [0, 0.05) is 43.9 Å². The van der Waals surface area contributed by atoms with E-state index in [1.807, 2.05) is 18.2 Å². The van der Waals surface area contributed by atoms with Crippen LogP contribution in [0.4, 0.5) is 8.78 Å². The second kappa shape index (κ2) is 9.45. The Bertz CT molecular complexity index is 1070. The quantitative estimate of drug-likeness (QED) is 0.647. The molecule has 0 unspecified atom stereocenters. The van der Waals surface area contributed by atoms with E-state index in [1.165, 1.54) is 0 Å². The van der Waals surface area contributed by atoms with Crippen molar-refractivity contribution in [2.45, 2.75) is 25.9 Å². The van der Waals surface area contributed by atoms with Gasteiger partial charge in [0.25, 0.3) is 0 Å². The van der Waals surface area contributed by atoms with Gasteiger partial charge < -0.3 is 9.64 Å². The molecule has 166 valence electrons. The van der Waals surface area contributed by atoms with Gasteiger partial charge in [-0.3, -0.25) is 9.69 Å². The summed E-state index contributed by atoms with van der Waals surface area (Å²) < 4.78 is 33.1. The summed E-state index contributed by atoms with van der Waals surface area (Å²) in [6.45, 7) is 3.74. The van der Waals surface area contributed by atoms with Gasteiger partial charge in [0.15, 0.2) is 0 Å². The predicted octanol–water partition coefficient (Wildman–Crippen LogP) is 2.63. The molecule has 1 saturated heterocycles. The zero-order valence-corrected chi connectivity index (χ0v) is 17.6. The molecule has 6 nitrogen and oxygen atoms in total. The van der Waals surface area contributed by atoms with Gasteiger partial charge >= 0.3 is 5.97 Å². The van der Waals surface area contributed by atoms with Crippen LogP contribution in [0.15, 0.2) is 30.3 Å². The number of hydrogen-bond donors (Lipinski definition) is 0. The Morgan fingerprint density at radius 1 is 1.06 bits per heavy atom. The molecule has 2 aromatic rings. The minimum absolute atomic E-state index is 0.0728. The van der Waals surface area contributed by atoms with Crippen molar-refractivity contribution in [3.8, 4) is 6.07 Å². The Morgan fingerprint density at radius 2 is 1.78 bits per heavy atom. The van der Waals surface area contributed by atoms with Gasteiger partial charge in [-0.05, 0) is 35.7 Å². The van der Waals surface area contributed by atoms with Crippen molar-refractivity contribution in [2.24, 2.45) is 0 Å². The fourth-order valence-electron chi connectivity index (χ4n) is 4.14. The predicted molar refractivity (Wildman–Crippen MR) is 112 cm³/mol. The van der Waals surface area contributed by atoms with Crippen molar-refractivity contribution in [3.05, 3.63) is 69.8 Å². The molecule has 2 aliphatic heterocycles. The van der Waals surface area contributed by atoms with Crippen LogP contribution in [0.5, 0.6) is 0 Å². The number of benzene rings is 2. The van der Waals surface area contributed by atoms with Crippen molar-refractivity contribution >= 4 is 11.9 Å². The van der Waals surface area contributed by atoms with E-state index < -0.39 is 11.6 Å². The molecule has 0 aromatic heterocycles. The van der Waals surface area contributed by atoms with E-state index in [2.05, 4.69) is 4.90 Å². The maximum atomic E-state index is 14.0. The first kappa shape index (κ1) is 21.9. The number of halogens is 2.